The maximum Gasteiger partial charge on any atom is 0.269 e. The highest BCUT2D eigenvalue weighted by Gasteiger charge is 2.06. The number of amides is 1. The lowest BCUT2D eigenvalue weighted by Gasteiger charge is -2.10. The van der Waals surface area contributed by atoms with E-state index in [1.165, 1.54) is 12.0 Å². The lowest BCUT2D eigenvalue weighted by Crippen LogP contribution is -2.31. The minimum atomic E-state index is -0.0982. The van der Waals surface area contributed by atoms with Gasteiger partial charge < -0.3 is 10.2 Å². The summed E-state index contributed by atoms with van der Waals surface area (Å²) in [6, 6.07) is 3.79. The Morgan fingerprint density at radius 1 is 1.39 bits per heavy atom. The van der Waals surface area contributed by atoms with Crippen LogP contribution in [0.1, 0.15) is 35.8 Å². The van der Waals surface area contributed by atoms with Gasteiger partial charge in [-0.05, 0) is 38.6 Å². The van der Waals surface area contributed by atoms with E-state index in [2.05, 4.69) is 17.2 Å². The summed E-state index contributed by atoms with van der Waals surface area (Å²) >= 11 is 0. The van der Waals surface area contributed by atoms with E-state index in [0.717, 1.165) is 19.4 Å². The van der Waals surface area contributed by atoms with Gasteiger partial charge in [0.15, 0.2) is 0 Å². The van der Waals surface area contributed by atoms with Crippen LogP contribution in [0.15, 0.2) is 18.3 Å². The Balaban J connectivity index is 2.43. The predicted octanol–water partition coefficient (Wildman–Crippen LogP) is 1.72. The minimum absolute atomic E-state index is 0.0982. The molecule has 0 unspecified atom stereocenters. The maximum atomic E-state index is 11.8. The van der Waals surface area contributed by atoms with Crippen molar-refractivity contribution < 1.29 is 4.79 Å². The Morgan fingerprint density at radius 3 is 2.72 bits per heavy atom. The topological polar surface area (TPSA) is 45.2 Å². The van der Waals surface area contributed by atoms with Crippen LogP contribution >= 0.6 is 0 Å². The van der Waals surface area contributed by atoms with E-state index in [0.29, 0.717) is 12.2 Å². The zero-order valence-electron chi connectivity index (χ0n) is 11.6. The highest BCUT2D eigenvalue weighted by atomic mass is 16.1. The molecule has 4 heteroatoms. The Kier molecular flexibility index (Phi) is 6.36. The van der Waals surface area contributed by atoms with Crippen molar-refractivity contribution in [1.82, 2.24) is 15.2 Å². The zero-order chi connectivity index (χ0) is 13.4. The molecule has 100 valence electrons. The van der Waals surface area contributed by atoms with Gasteiger partial charge >= 0.3 is 0 Å². The molecule has 1 heterocycles. The third-order valence-electron chi connectivity index (χ3n) is 2.72. The molecule has 1 N–H and O–H groups in total. The van der Waals surface area contributed by atoms with Crippen molar-refractivity contribution in [1.29, 1.82) is 0 Å². The van der Waals surface area contributed by atoms with Crippen molar-refractivity contribution in [3.05, 3.63) is 29.6 Å². The zero-order valence-corrected chi connectivity index (χ0v) is 11.6. The lowest BCUT2D eigenvalue weighted by atomic mass is 10.1. The van der Waals surface area contributed by atoms with Gasteiger partial charge in [-0.15, -0.1) is 0 Å². The first kappa shape index (κ1) is 14.6. The van der Waals surface area contributed by atoms with Crippen LogP contribution in [0.4, 0.5) is 0 Å². The summed E-state index contributed by atoms with van der Waals surface area (Å²) in [5.41, 5.74) is 1.69. The molecule has 0 radical (unpaired) electrons. The molecule has 0 bridgehead atoms. The van der Waals surface area contributed by atoms with Gasteiger partial charge in [-0.3, -0.25) is 9.78 Å². The van der Waals surface area contributed by atoms with Crippen molar-refractivity contribution >= 4 is 5.91 Å². The number of aromatic nitrogens is 1. The van der Waals surface area contributed by atoms with Crippen LogP contribution < -0.4 is 5.32 Å². The van der Waals surface area contributed by atoms with Gasteiger partial charge in [0.1, 0.15) is 5.69 Å². The SMILES string of the molecule is CCCCc1ccc(C(=O)NCCN(C)C)nc1. The van der Waals surface area contributed by atoms with E-state index < -0.39 is 0 Å². The van der Waals surface area contributed by atoms with Crippen LogP contribution in [-0.4, -0.2) is 43.0 Å². The summed E-state index contributed by atoms with van der Waals surface area (Å²) < 4.78 is 0. The summed E-state index contributed by atoms with van der Waals surface area (Å²) in [6.45, 7) is 3.64. The second-order valence-corrected chi connectivity index (χ2v) is 4.71. The summed E-state index contributed by atoms with van der Waals surface area (Å²) in [6.07, 6.45) is 5.17. The molecule has 0 aliphatic rings. The fourth-order valence-electron chi connectivity index (χ4n) is 1.57. The molecular formula is C14H23N3O. The van der Waals surface area contributed by atoms with Crippen molar-refractivity contribution in [3.63, 3.8) is 0 Å². The molecule has 0 aliphatic heterocycles. The molecule has 0 spiro atoms. The van der Waals surface area contributed by atoms with Crippen LogP contribution in [0.3, 0.4) is 0 Å². The number of pyridine rings is 1. The highest BCUT2D eigenvalue weighted by molar-refractivity contribution is 5.92. The fraction of sp³-hybridized carbons (Fsp3) is 0.571. The van der Waals surface area contributed by atoms with Crippen LogP contribution in [0.25, 0.3) is 0 Å². The largest absolute Gasteiger partial charge is 0.349 e. The van der Waals surface area contributed by atoms with E-state index in [1.54, 1.807) is 12.3 Å². The molecule has 1 amide bonds. The number of unbranched alkanes of at least 4 members (excludes halogenated alkanes) is 1. The van der Waals surface area contributed by atoms with Crippen LogP contribution in [0, 0.1) is 0 Å². The number of nitrogens with zero attached hydrogens (tertiary/aromatic N) is 2. The molecule has 1 aromatic rings. The van der Waals surface area contributed by atoms with Gasteiger partial charge in [-0.1, -0.05) is 19.4 Å². The number of likely N-dealkylation sites (N-methyl/N-ethyl adjacent to an activating group) is 1. The Labute approximate surface area is 109 Å². The number of carbonyl (C=O) groups excluding carboxylic acids is 1. The third-order valence-corrected chi connectivity index (χ3v) is 2.72. The van der Waals surface area contributed by atoms with E-state index in [-0.39, 0.29) is 5.91 Å². The first-order chi connectivity index (χ1) is 8.63. The van der Waals surface area contributed by atoms with E-state index in [9.17, 15) is 4.79 Å². The molecular weight excluding hydrogens is 226 g/mol. The average Bonchev–Trinajstić information content (AvgIpc) is 2.36. The molecule has 1 aromatic heterocycles. The van der Waals surface area contributed by atoms with Crippen molar-refractivity contribution in [2.75, 3.05) is 27.2 Å². The number of aryl methyl sites for hydroxylation is 1. The Hall–Kier alpha value is -1.42. The fourth-order valence-corrected chi connectivity index (χ4v) is 1.57. The van der Waals surface area contributed by atoms with Gasteiger partial charge in [0, 0.05) is 19.3 Å². The van der Waals surface area contributed by atoms with Gasteiger partial charge in [-0.25, -0.2) is 0 Å². The molecule has 0 aromatic carbocycles. The molecule has 0 fully saturated rings. The van der Waals surface area contributed by atoms with Gasteiger partial charge in [0.05, 0.1) is 0 Å². The van der Waals surface area contributed by atoms with Crippen LogP contribution in [0.2, 0.25) is 0 Å². The second kappa shape index (κ2) is 7.82. The summed E-state index contributed by atoms with van der Waals surface area (Å²) in [5, 5.41) is 2.85. The van der Waals surface area contributed by atoms with E-state index in [1.807, 2.05) is 25.1 Å². The number of hydrogen-bond donors (Lipinski definition) is 1. The summed E-state index contributed by atoms with van der Waals surface area (Å²) in [4.78, 5) is 18.0. The molecule has 0 atom stereocenters. The molecule has 0 aliphatic carbocycles. The maximum absolute atomic E-state index is 11.8. The smallest absolute Gasteiger partial charge is 0.269 e. The minimum Gasteiger partial charge on any atom is -0.349 e. The van der Waals surface area contributed by atoms with Gasteiger partial charge in [0.25, 0.3) is 5.91 Å². The number of hydrogen-bond acceptors (Lipinski definition) is 3. The first-order valence-corrected chi connectivity index (χ1v) is 6.51. The monoisotopic (exact) mass is 249 g/mol. The van der Waals surface area contributed by atoms with Crippen LogP contribution in [0.5, 0.6) is 0 Å². The average molecular weight is 249 g/mol. The number of rotatable bonds is 7. The summed E-state index contributed by atoms with van der Waals surface area (Å²) in [7, 11) is 3.96. The summed E-state index contributed by atoms with van der Waals surface area (Å²) in [5.74, 6) is -0.0982. The Morgan fingerprint density at radius 2 is 2.17 bits per heavy atom. The van der Waals surface area contributed by atoms with E-state index >= 15 is 0 Å². The standard InChI is InChI=1S/C14H23N3O/c1-4-5-6-12-7-8-13(16-11-12)14(18)15-9-10-17(2)3/h7-8,11H,4-6,9-10H2,1-3H3,(H,15,18). The van der Waals surface area contributed by atoms with Crippen molar-refractivity contribution in [3.8, 4) is 0 Å². The molecule has 1 rings (SSSR count). The Bertz CT molecular complexity index is 360. The molecule has 4 nitrogen and oxygen atoms in total. The third kappa shape index (κ3) is 5.27. The quantitative estimate of drug-likeness (QED) is 0.800. The highest BCUT2D eigenvalue weighted by Crippen LogP contribution is 2.04. The van der Waals surface area contributed by atoms with Gasteiger partial charge in [0.2, 0.25) is 0 Å². The van der Waals surface area contributed by atoms with Gasteiger partial charge in [-0.2, -0.15) is 0 Å². The van der Waals surface area contributed by atoms with Crippen molar-refractivity contribution in [2.24, 2.45) is 0 Å². The van der Waals surface area contributed by atoms with Crippen LogP contribution in [-0.2, 0) is 6.42 Å². The normalized spacial score (nSPS) is 10.7. The van der Waals surface area contributed by atoms with E-state index in [4.69, 9.17) is 0 Å². The number of carbonyl (C=O) groups is 1. The second-order valence-electron chi connectivity index (χ2n) is 4.71. The molecule has 18 heavy (non-hydrogen) atoms. The number of nitrogens with one attached hydrogen (secondary N) is 1. The first-order valence-electron chi connectivity index (χ1n) is 6.51. The van der Waals surface area contributed by atoms with Crippen molar-refractivity contribution in [2.45, 2.75) is 26.2 Å². The molecule has 0 saturated heterocycles. The predicted molar refractivity (Wildman–Crippen MR) is 73.7 cm³/mol. The molecule has 0 saturated carbocycles. The lowest BCUT2D eigenvalue weighted by molar-refractivity contribution is 0.0946.